The predicted molar refractivity (Wildman–Crippen MR) is 76.4 cm³/mol. The van der Waals surface area contributed by atoms with E-state index in [0.717, 1.165) is 36.0 Å². The Morgan fingerprint density at radius 3 is 2.78 bits per heavy atom. The van der Waals surface area contributed by atoms with E-state index in [1.807, 2.05) is 23.1 Å². The zero-order valence-corrected chi connectivity index (χ0v) is 12.2. The molecule has 2 rings (SSSR count). The lowest BCUT2D eigenvalue weighted by Gasteiger charge is -2.20. The van der Waals surface area contributed by atoms with Crippen LogP contribution >= 0.6 is 15.9 Å². The number of nitrogens with two attached hydrogens (primary N) is 1. The Kier molecular flexibility index (Phi) is 4.40. The first-order chi connectivity index (χ1) is 8.58. The monoisotopic (exact) mass is 310 g/mol. The summed E-state index contributed by atoms with van der Waals surface area (Å²) >= 11 is 3.45. The zero-order valence-electron chi connectivity index (χ0n) is 10.7. The maximum absolute atomic E-state index is 12.1. The van der Waals surface area contributed by atoms with Crippen molar-refractivity contribution in [1.29, 1.82) is 0 Å². The molecule has 18 heavy (non-hydrogen) atoms. The molecule has 98 valence electrons. The van der Waals surface area contributed by atoms with E-state index in [1.165, 1.54) is 5.56 Å². The van der Waals surface area contributed by atoms with Gasteiger partial charge in [0, 0.05) is 17.6 Å². The fraction of sp³-hybridized carbons (Fsp3) is 0.500. The van der Waals surface area contributed by atoms with Crippen LogP contribution in [0, 0.1) is 6.92 Å². The minimum Gasteiger partial charge on any atom is -0.341 e. The molecule has 1 aliphatic rings. The van der Waals surface area contributed by atoms with E-state index >= 15 is 0 Å². The largest absolute Gasteiger partial charge is 0.341 e. The van der Waals surface area contributed by atoms with Gasteiger partial charge in [0.1, 0.15) is 0 Å². The number of amides is 1. The van der Waals surface area contributed by atoms with Crippen LogP contribution in [0.5, 0.6) is 0 Å². The SMILES string of the molecule is Cc1ccc(Br)cc1CC(N)C(=O)N1CCCC1. The number of benzene rings is 1. The molecule has 1 aliphatic heterocycles. The summed E-state index contributed by atoms with van der Waals surface area (Å²) in [6.07, 6.45) is 2.82. The number of rotatable bonds is 3. The van der Waals surface area contributed by atoms with Gasteiger partial charge < -0.3 is 10.6 Å². The standard InChI is InChI=1S/C14H19BrN2O/c1-10-4-5-12(15)8-11(10)9-13(16)14(18)17-6-2-3-7-17/h4-5,8,13H,2-3,6-7,9,16H2,1H3. The van der Waals surface area contributed by atoms with Gasteiger partial charge in [0.2, 0.25) is 5.91 Å². The third-order valence-electron chi connectivity index (χ3n) is 3.49. The van der Waals surface area contributed by atoms with Crippen molar-refractivity contribution in [3.63, 3.8) is 0 Å². The second-order valence-corrected chi connectivity index (χ2v) is 5.83. The van der Waals surface area contributed by atoms with Crippen molar-refractivity contribution < 1.29 is 4.79 Å². The predicted octanol–water partition coefficient (Wildman–Crippen LogP) is 2.25. The highest BCUT2D eigenvalue weighted by molar-refractivity contribution is 9.10. The molecule has 1 aromatic carbocycles. The van der Waals surface area contributed by atoms with Crippen LogP contribution in [0.2, 0.25) is 0 Å². The number of halogens is 1. The quantitative estimate of drug-likeness (QED) is 0.930. The molecular formula is C14H19BrN2O. The molecule has 1 fully saturated rings. The molecule has 0 radical (unpaired) electrons. The lowest BCUT2D eigenvalue weighted by atomic mass is 10.0. The fourth-order valence-electron chi connectivity index (χ4n) is 2.36. The highest BCUT2D eigenvalue weighted by Crippen LogP contribution is 2.18. The van der Waals surface area contributed by atoms with Crippen LogP contribution in [0.1, 0.15) is 24.0 Å². The Morgan fingerprint density at radius 2 is 2.11 bits per heavy atom. The van der Waals surface area contributed by atoms with Gasteiger partial charge in [0.15, 0.2) is 0 Å². The molecule has 1 unspecified atom stereocenters. The van der Waals surface area contributed by atoms with E-state index in [9.17, 15) is 4.79 Å². The summed E-state index contributed by atoms with van der Waals surface area (Å²) in [5.41, 5.74) is 8.37. The normalized spacial score (nSPS) is 16.9. The molecule has 1 amide bonds. The molecule has 1 heterocycles. The van der Waals surface area contributed by atoms with Gasteiger partial charge in [-0.1, -0.05) is 22.0 Å². The summed E-state index contributed by atoms with van der Waals surface area (Å²) in [5, 5.41) is 0. The van der Waals surface area contributed by atoms with Crippen LogP contribution < -0.4 is 5.73 Å². The van der Waals surface area contributed by atoms with Crippen molar-refractivity contribution in [3.8, 4) is 0 Å². The average Bonchev–Trinajstić information content (AvgIpc) is 2.86. The first-order valence-corrected chi connectivity index (χ1v) is 7.16. The summed E-state index contributed by atoms with van der Waals surface area (Å²) in [6, 6.07) is 5.68. The number of hydrogen-bond donors (Lipinski definition) is 1. The molecule has 3 nitrogen and oxygen atoms in total. The van der Waals surface area contributed by atoms with E-state index in [0.29, 0.717) is 6.42 Å². The number of likely N-dealkylation sites (tertiary alicyclic amines) is 1. The van der Waals surface area contributed by atoms with Gasteiger partial charge in [0.25, 0.3) is 0 Å². The van der Waals surface area contributed by atoms with Crippen molar-refractivity contribution >= 4 is 21.8 Å². The smallest absolute Gasteiger partial charge is 0.239 e. The zero-order chi connectivity index (χ0) is 13.1. The lowest BCUT2D eigenvalue weighted by Crippen LogP contribution is -2.43. The Balaban J connectivity index is 2.03. The molecule has 1 saturated heterocycles. The van der Waals surface area contributed by atoms with Crippen LogP contribution in [0.3, 0.4) is 0 Å². The highest BCUT2D eigenvalue weighted by atomic mass is 79.9. The second kappa shape index (κ2) is 5.85. The molecule has 2 N–H and O–H groups in total. The van der Waals surface area contributed by atoms with Crippen molar-refractivity contribution in [2.24, 2.45) is 5.73 Å². The van der Waals surface area contributed by atoms with Crippen LogP contribution in [0.15, 0.2) is 22.7 Å². The Labute approximate surface area is 116 Å². The van der Waals surface area contributed by atoms with Crippen molar-refractivity contribution in [1.82, 2.24) is 4.90 Å². The summed E-state index contributed by atoms with van der Waals surface area (Å²) in [4.78, 5) is 14.0. The van der Waals surface area contributed by atoms with Crippen LogP contribution in [-0.4, -0.2) is 29.9 Å². The first-order valence-electron chi connectivity index (χ1n) is 6.37. The topological polar surface area (TPSA) is 46.3 Å². The molecule has 0 spiro atoms. The highest BCUT2D eigenvalue weighted by Gasteiger charge is 2.24. The van der Waals surface area contributed by atoms with Gasteiger partial charge in [0.05, 0.1) is 6.04 Å². The van der Waals surface area contributed by atoms with E-state index in [2.05, 4.69) is 22.9 Å². The molecular weight excluding hydrogens is 292 g/mol. The van der Waals surface area contributed by atoms with E-state index in [-0.39, 0.29) is 5.91 Å². The molecule has 1 aromatic rings. The van der Waals surface area contributed by atoms with Gasteiger partial charge >= 0.3 is 0 Å². The maximum Gasteiger partial charge on any atom is 0.239 e. The number of carbonyl (C=O) groups is 1. The number of nitrogens with zero attached hydrogens (tertiary/aromatic N) is 1. The number of aryl methyl sites for hydroxylation is 1. The molecule has 4 heteroatoms. The average molecular weight is 311 g/mol. The van der Waals surface area contributed by atoms with Crippen LogP contribution in [0.4, 0.5) is 0 Å². The van der Waals surface area contributed by atoms with Gasteiger partial charge in [-0.2, -0.15) is 0 Å². The lowest BCUT2D eigenvalue weighted by molar-refractivity contribution is -0.131. The van der Waals surface area contributed by atoms with Crippen LogP contribution in [-0.2, 0) is 11.2 Å². The van der Waals surface area contributed by atoms with E-state index in [4.69, 9.17) is 5.73 Å². The Bertz CT molecular complexity index is 441. The van der Waals surface area contributed by atoms with Crippen molar-refractivity contribution in [3.05, 3.63) is 33.8 Å². The number of carbonyl (C=O) groups excluding carboxylic acids is 1. The van der Waals surface area contributed by atoms with Gasteiger partial charge in [-0.25, -0.2) is 0 Å². The summed E-state index contributed by atoms with van der Waals surface area (Å²) in [6.45, 7) is 3.78. The fourth-order valence-corrected chi connectivity index (χ4v) is 2.76. The second-order valence-electron chi connectivity index (χ2n) is 4.91. The first kappa shape index (κ1) is 13.6. The molecule has 0 saturated carbocycles. The number of hydrogen-bond acceptors (Lipinski definition) is 2. The minimum atomic E-state index is -0.420. The summed E-state index contributed by atoms with van der Waals surface area (Å²) < 4.78 is 1.03. The molecule has 0 aromatic heterocycles. The molecule has 1 atom stereocenters. The molecule has 0 aliphatic carbocycles. The summed E-state index contributed by atoms with van der Waals surface area (Å²) in [5.74, 6) is 0.0897. The molecule has 0 bridgehead atoms. The van der Waals surface area contributed by atoms with E-state index in [1.54, 1.807) is 0 Å². The van der Waals surface area contributed by atoms with Crippen molar-refractivity contribution in [2.75, 3.05) is 13.1 Å². The Hall–Kier alpha value is -0.870. The van der Waals surface area contributed by atoms with Gasteiger partial charge in [-0.3, -0.25) is 4.79 Å². The third-order valence-corrected chi connectivity index (χ3v) is 3.98. The summed E-state index contributed by atoms with van der Waals surface area (Å²) in [7, 11) is 0. The third kappa shape index (κ3) is 3.12. The Morgan fingerprint density at radius 1 is 1.44 bits per heavy atom. The minimum absolute atomic E-state index is 0.0897. The van der Waals surface area contributed by atoms with Crippen LogP contribution in [0.25, 0.3) is 0 Å². The van der Waals surface area contributed by atoms with E-state index < -0.39 is 6.04 Å². The van der Waals surface area contributed by atoms with Crippen molar-refractivity contribution in [2.45, 2.75) is 32.2 Å². The maximum atomic E-state index is 12.1. The van der Waals surface area contributed by atoms with Gasteiger partial charge in [-0.05, 0) is 49.4 Å². The van der Waals surface area contributed by atoms with Gasteiger partial charge in [-0.15, -0.1) is 0 Å².